The third kappa shape index (κ3) is 2.79. The number of hydrogen-bond donors (Lipinski definition) is 1. The summed E-state index contributed by atoms with van der Waals surface area (Å²) in [5.41, 5.74) is 0. The minimum absolute atomic E-state index is 0.0907. The molecular formula is C5H3Cl2N3O3S. The number of rotatable bonds is 3. The number of anilines is 1. The summed E-state index contributed by atoms with van der Waals surface area (Å²) in [6.45, 7) is 0. The Labute approximate surface area is 92.0 Å². The molecule has 6 nitrogen and oxygen atoms in total. The second kappa shape index (κ2) is 4.54. The van der Waals surface area contributed by atoms with Gasteiger partial charge in [-0.25, -0.2) is 4.98 Å². The van der Waals surface area contributed by atoms with Crippen molar-refractivity contribution in [2.75, 3.05) is 5.32 Å². The van der Waals surface area contributed by atoms with E-state index in [1.807, 2.05) is 0 Å². The Balaban J connectivity index is 2.69. The van der Waals surface area contributed by atoms with Gasteiger partial charge in [0.25, 0.3) is 5.91 Å². The van der Waals surface area contributed by atoms with E-state index >= 15 is 0 Å². The van der Waals surface area contributed by atoms with Gasteiger partial charge in [-0.1, -0.05) is 23.2 Å². The number of hydrogen-bond acceptors (Lipinski definition) is 5. The van der Waals surface area contributed by atoms with E-state index < -0.39 is 15.7 Å². The standard InChI is InChI=1S/C5H3Cl2N3O3S/c6-3(7)4(11)9-5-8-1-2(14-5)10(12)13/h1,3H,(H,8,9,11). The van der Waals surface area contributed by atoms with Crippen LogP contribution in [0.4, 0.5) is 10.1 Å². The Morgan fingerprint density at radius 1 is 1.71 bits per heavy atom. The lowest BCUT2D eigenvalue weighted by Gasteiger charge is -1.99. The van der Waals surface area contributed by atoms with Crippen LogP contribution in [0.2, 0.25) is 0 Å². The second-order valence-electron chi connectivity index (χ2n) is 2.05. The lowest BCUT2D eigenvalue weighted by molar-refractivity contribution is -0.380. The highest BCUT2D eigenvalue weighted by Crippen LogP contribution is 2.25. The largest absolute Gasteiger partial charge is 0.345 e. The number of nitro groups is 1. The Kier molecular flexibility index (Phi) is 3.62. The molecule has 1 N–H and O–H groups in total. The van der Waals surface area contributed by atoms with Gasteiger partial charge in [0.2, 0.25) is 0 Å². The summed E-state index contributed by atoms with van der Waals surface area (Å²) in [6.07, 6.45) is 1.04. The summed E-state index contributed by atoms with van der Waals surface area (Å²) in [6, 6.07) is 0. The first-order valence-electron chi connectivity index (χ1n) is 3.20. The molecule has 0 saturated carbocycles. The van der Waals surface area contributed by atoms with E-state index in [2.05, 4.69) is 10.3 Å². The smallest absolute Gasteiger partial charge is 0.299 e. The molecule has 1 heterocycles. The Morgan fingerprint density at radius 2 is 2.36 bits per heavy atom. The summed E-state index contributed by atoms with van der Waals surface area (Å²) in [4.78, 5) is 22.9. The molecule has 1 rings (SSSR count). The molecule has 0 aromatic carbocycles. The minimum Gasteiger partial charge on any atom is -0.299 e. The Hall–Kier alpha value is -0.920. The molecular weight excluding hydrogens is 253 g/mol. The summed E-state index contributed by atoms with van der Waals surface area (Å²) >= 11 is 11.2. The topological polar surface area (TPSA) is 85.1 Å². The van der Waals surface area contributed by atoms with Crippen molar-refractivity contribution in [3.8, 4) is 0 Å². The summed E-state index contributed by atoms with van der Waals surface area (Å²) in [7, 11) is 0. The Bertz CT molecular complexity index is 367. The highest BCUT2D eigenvalue weighted by Gasteiger charge is 2.16. The van der Waals surface area contributed by atoms with Crippen molar-refractivity contribution >= 4 is 50.6 Å². The van der Waals surface area contributed by atoms with Crippen LogP contribution < -0.4 is 5.32 Å². The number of carbonyl (C=O) groups excluding carboxylic acids is 1. The van der Waals surface area contributed by atoms with Gasteiger partial charge in [-0.2, -0.15) is 0 Å². The zero-order valence-corrected chi connectivity index (χ0v) is 8.77. The third-order valence-corrected chi connectivity index (χ3v) is 2.36. The predicted octanol–water partition coefficient (Wildman–Crippen LogP) is 1.79. The molecule has 1 amide bonds. The zero-order valence-electron chi connectivity index (χ0n) is 6.44. The van der Waals surface area contributed by atoms with E-state index in [-0.39, 0.29) is 10.1 Å². The van der Waals surface area contributed by atoms with Crippen LogP contribution in [0.3, 0.4) is 0 Å². The van der Waals surface area contributed by atoms with E-state index in [1.165, 1.54) is 0 Å². The molecule has 1 aromatic rings. The molecule has 76 valence electrons. The molecule has 0 atom stereocenters. The van der Waals surface area contributed by atoms with Crippen LogP contribution in [0.25, 0.3) is 0 Å². The molecule has 0 unspecified atom stereocenters. The highest BCUT2D eigenvalue weighted by molar-refractivity contribution is 7.18. The Morgan fingerprint density at radius 3 is 2.79 bits per heavy atom. The average molecular weight is 256 g/mol. The molecule has 0 radical (unpaired) electrons. The average Bonchev–Trinajstić information content (AvgIpc) is 2.52. The van der Waals surface area contributed by atoms with Crippen molar-refractivity contribution < 1.29 is 9.72 Å². The van der Waals surface area contributed by atoms with Crippen molar-refractivity contribution in [3.63, 3.8) is 0 Å². The first kappa shape index (κ1) is 11.2. The van der Waals surface area contributed by atoms with Crippen LogP contribution >= 0.6 is 34.5 Å². The first-order valence-corrected chi connectivity index (χ1v) is 4.89. The minimum atomic E-state index is -1.22. The fraction of sp³-hybridized carbons (Fsp3) is 0.200. The summed E-state index contributed by atoms with van der Waals surface area (Å²) in [5, 5.41) is 12.4. The molecule has 0 bridgehead atoms. The van der Waals surface area contributed by atoms with Gasteiger partial charge >= 0.3 is 5.00 Å². The molecule has 0 saturated heterocycles. The van der Waals surface area contributed by atoms with Gasteiger partial charge in [-0.05, 0) is 11.3 Å². The van der Waals surface area contributed by atoms with Crippen LogP contribution in [0, 0.1) is 10.1 Å². The number of nitrogens with one attached hydrogen (secondary N) is 1. The molecule has 0 aliphatic carbocycles. The van der Waals surface area contributed by atoms with E-state index in [0.717, 1.165) is 17.5 Å². The van der Waals surface area contributed by atoms with Gasteiger partial charge < -0.3 is 0 Å². The number of thiazole rings is 1. The van der Waals surface area contributed by atoms with E-state index in [0.29, 0.717) is 0 Å². The lowest BCUT2D eigenvalue weighted by atomic mass is 10.7. The number of carbonyl (C=O) groups is 1. The van der Waals surface area contributed by atoms with E-state index in [4.69, 9.17) is 23.2 Å². The number of halogens is 2. The van der Waals surface area contributed by atoms with Crippen molar-refractivity contribution in [3.05, 3.63) is 16.3 Å². The molecule has 0 spiro atoms. The zero-order chi connectivity index (χ0) is 10.7. The normalized spacial score (nSPS) is 10.2. The molecule has 0 aliphatic heterocycles. The second-order valence-corrected chi connectivity index (χ2v) is 4.16. The van der Waals surface area contributed by atoms with E-state index in [1.54, 1.807) is 0 Å². The monoisotopic (exact) mass is 255 g/mol. The van der Waals surface area contributed by atoms with Crippen molar-refractivity contribution in [2.45, 2.75) is 4.84 Å². The van der Waals surface area contributed by atoms with Gasteiger partial charge in [-0.15, -0.1) is 0 Å². The first-order chi connectivity index (χ1) is 6.50. The quantitative estimate of drug-likeness (QED) is 0.507. The number of nitrogens with zero attached hydrogens (tertiary/aromatic N) is 2. The van der Waals surface area contributed by atoms with Gasteiger partial charge in [0.1, 0.15) is 6.20 Å². The van der Waals surface area contributed by atoms with E-state index in [9.17, 15) is 14.9 Å². The van der Waals surface area contributed by atoms with Crippen LogP contribution in [-0.2, 0) is 4.79 Å². The maximum atomic E-state index is 10.9. The number of alkyl halides is 2. The van der Waals surface area contributed by atoms with Crippen molar-refractivity contribution in [2.24, 2.45) is 0 Å². The van der Waals surface area contributed by atoms with Gasteiger partial charge in [0.05, 0.1) is 4.92 Å². The van der Waals surface area contributed by atoms with Crippen LogP contribution in [0.1, 0.15) is 0 Å². The maximum absolute atomic E-state index is 10.9. The molecule has 14 heavy (non-hydrogen) atoms. The van der Waals surface area contributed by atoms with Crippen LogP contribution in [0.15, 0.2) is 6.20 Å². The predicted molar refractivity (Wildman–Crippen MR) is 52.9 cm³/mol. The summed E-state index contributed by atoms with van der Waals surface area (Å²) in [5.74, 6) is -0.669. The van der Waals surface area contributed by atoms with Gasteiger partial charge in [0, 0.05) is 0 Å². The number of amides is 1. The fourth-order valence-corrected chi connectivity index (χ4v) is 1.31. The molecule has 0 aliphatic rings. The highest BCUT2D eigenvalue weighted by atomic mass is 35.5. The molecule has 9 heteroatoms. The van der Waals surface area contributed by atoms with Crippen molar-refractivity contribution in [1.29, 1.82) is 0 Å². The third-order valence-electron chi connectivity index (χ3n) is 1.10. The van der Waals surface area contributed by atoms with Gasteiger partial charge in [-0.3, -0.25) is 20.2 Å². The van der Waals surface area contributed by atoms with Gasteiger partial charge in [0.15, 0.2) is 9.97 Å². The fourth-order valence-electron chi connectivity index (χ4n) is 0.568. The van der Waals surface area contributed by atoms with Crippen LogP contribution in [-0.4, -0.2) is 20.7 Å². The van der Waals surface area contributed by atoms with Crippen LogP contribution in [0.5, 0.6) is 0 Å². The molecule has 1 aromatic heterocycles. The maximum Gasteiger partial charge on any atom is 0.345 e. The number of aromatic nitrogens is 1. The summed E-state index contributed by atoms with van der Waals surface area (Å²) < 4.78 is 0. The SMILES string of the molecule is O=C(Nc1ncc([N+](=O)[O-])s1)C(Cl)Cl. The molecule has 0 fully saturated rings. The van der Waals surface area contributed by atoms with Crippen molar-refractivity contribution in [1.82, 2.24) is 4.98 Å². The lowest BCUT2D eigenvalue weighted by Crippen LogP contribution is -2.18.